The van der Waals surface area contributed by atoms with Crippen LogP contribution in [0.15, 0.2) is 0 Å². The van der Waals surface area contributed by atoms with E-state index in [1.165, 1.54) is 0 Å². The molecule has 88 valence electrons. The second kappa shape index (κ2) is 6.08. The van der Waals surface area contributed by atoms with Crippen molar-refractivity contribution in [3.05, 3.63) is 0 Å². The van der Waals surface area contributed by atoms with E-state index in [9.17, 15) is 4.79 Å². The fourth-order valence-electron chi connectivity index (χ4n) is 2.22. The van der Waals surface area contributed by atoms with Gasteiger partial charge in [-0.2, -0.15) is 0 Å². The highest BCUT2D eigenvalue weighted by Crippen LogP contribution is 2.26. The molecular weight excluding hydrogens is 192 g/mol. The van der Waals surface area contributed by atoms with Gasteiger partial charge in [0.05, 0.1) is 6.04 Å². The summed E-state index contributed by atoms with van der Waals surface area (Å²) in [7, 11) is 1.72. The van der Waals surface area contributed by atoms with E-state index in [0.29, 0.717) is 11.8 Å². The van der Waals surface area contributed by atoms with Crippen LogP contribution in [0.5, 0.6) is 0 Å². The molecule has 1 rings (SSSR count). The third-order valence-electron chi connectivity index (χ3n) is 3.37. The minimum Gasteiger partial charge on any atom is -0.385 e. The molecule has 3 N–H and O–H groups in total. The molecule has 1 fully saturated rings. The standard InChI is InChI=1S/C11H22N2O2/c1-8(4-6-15-2)9-3-5-13-10(7-9)11(12)14/h8-10,13H,3-7H2,1-2H3,(H2,12,14). The summed E-state index contributed by atoms with van der Waals surface area (Å²) < 4.78 is 5.07. The van der Waals surface area contributed by atoms with Crippen molar-refractivity contribution in [1.82, 2.24) is 5.32 Å². The molecule has 0 radical (unpaired) electrons. The quantitative estimate of drug-likeness (QED) is 0.701. The summed E-state index contributed by atoms with van der Waals surface area (Å²) in [4.78, 5) is 11.1. The molecule has 0 aromatic heterocycles. The second-order valence-electron chi connectivity index (χ2n) is 4.45. The van der Waals surface area contributed by atoms with E-state index in [2.05, 4.69) is 12.2 Å². The zero-order chi connectivity index (χ0) is 11.3. The largest absolute Gasteiger partial charge is 0.385 e. The van der Waals surface area contributed by atoms with Crippen LogP contribution in [0.2, 0.25) is 0 Å². The summed E-state index contributed by atoms with van der Waals surface area (Å²) in [6.45, 7) is 3.93. The average molecular weight is 214 g/mol. The first-order chi connectivity index (χ1) is 7.15. The number of rotatable bonds is 5. The number of primary amides is 1. The lowest BCUT2D eigenvalue weighted by Gasteiger charge is -2.32. The second-order valence-corrected chi connectivity index (χ2v) is 4.45. The Morgan fingerprint density at radius 2 is 2.40 bits per heavy atom. The van der Waals surface area contributed by atoms with Crippen LogP contribution >= 0.6 is 0 Å². The van der Waals surface area contributed by atoms with Crippen LogP contribution in [0.25, 0.3) is 0 Å². The number of nitrogens with one attached hydrogen (secondary N) is 1. The van der Waals surface area contributed by atoms with Crippen molar-refractivity contribution in [3.63, 3.8) is 0 Å². The molecule has 1 saturated heterocycles. The van der Waals surface area contributed by atoms with E-state index in [-0.39, 0.29) is 11.9 Å². The maximum atomic E-state index is 11.1. The minimum atomic E-state index is -0.223. The Morgan fingerprint density at radius 3 is 3.00 bits per heavy atom. The molecule has 0 saturated carbocycles. The van der Waals surface area contributed by atoms with Crippen LogP contribution in [0, 0.1) is 11.8 Å². The predicted molar refractivity (Wildman–Crippen MR) is 59.4 cm³/mol. The van der Waals surface area contributed by atoms with E-state index in [1.807, 2.05) is 0 Å². The Kier molecular flexibility index (Phi) is 5.05. The van der Waals surface area contributed by atoms with Gasteiger partial charge in [0.2, 0.25) is 5.91 Å². The van der Waals surface area contributed by atoms with E-state index >= 15 is 0 Å². The highest BCUT2D eigenvalue weighted by atomic mass is 16.5. The Labute approximate surface area is 91.5 Å². The highest BCUT2D eigenvalue weighted by Gasteiger charge is 2.28. The smallest absolute Gasteiger partial charge is 0.234 e. The topological polar surface area (TPSA) is 64.3 Å². The van der Waals surface area contributed by atoms with Crippen molar-refractivity contribution in [3.8, 4) is 0 Å². The molecule has 1 aliphatic rings. The monoisotopic (exact) mass is 214 g/mol. The zero-order valence-corrected chi connectivity index (χ0v) is 9.66. The van der Waals surface area contributed by atoms with E-state index in [1.54, 1.807) is 7.11 Å². The lowest BCUT2D eigenvalue weighted by molar-refractivity contribution is -0.121. The maximum absolute atomic E-state index is 11.1. The molecule has 15 heavy (non-hydrogen) atoms. The molecule has 0 spiro atoms. The zero-order valence-electron chi connectivity index (χ0n) is 9.66. The number of carbonyl (C=O) groups is 1. The normalized spacial score (nSPS) is 28.7. The molecule has 4 nitrogen and oxygen atoms in total. The number of piperidine rings is 1. The van der Waals surface area contributed by atoms with Crippen molar-refractivity contribution in [2.24, 2.45) is 17.6 Å². The first-order valence-electron chi connectivity index (χ1n) is 5.66. The van der Waals surface area contributed by atoms with Crippen LogP contribution in [-0.4, -0.2) is 32.2 Å². The van der Waals surface area contributed by atoms with Gasteiger partial charge in [-0.1, -0.05) is 6.92 Å². The molecule has 3 atom stereocenters. The molecule has 4 heteroatoms. The van der Waals surface area contributed by atoms with Crippen molar-refractivity contribution in [2.75, 3.05) is 20.3 Å². The van der Waals surface area contributed by atoms with Crippen molar-refractivity contribution in [1.29, 1.82) is 0 Å². The van der Waals surface area contributed by atoms with Gasteiger partial charge < -0.3 is 15.8 Å². The van der Waals surface area contributed by atoms with Gasteiger partial charge in [-0.25, -0.2) is 0 Å². The lowest BCUT2D eigenvalue weighted by atomic mass is 9.81. The molecule has 1 heterocycles. The number of ether oxygens (including phenoxy) is 1. The first kappa shape index (κ1) is 12.5. The van der Waals surface area contributed by atoms with Gasteiger partial charge in [-0.15, -0.1) is 0 Å². The van der Waals surface area contributed by atoms with Crippen LogP contribution in [0.3, 0.4) is 0 Å². The van der Waals surface area contributed by atoms with Gasteiger partial charge in [0.15, 0.2) is 0 Å². The van der Waals surface area contributed by atoms with Crippen molar-refractivity contribution < 1.29 is 9.53 Å². The molecular formula is C11H22N2O2. The highest BCUT2D eigenvalue weighted by molar-refractivity contribution is 5.79. The molecule has 0 aromatic rings. The van der Waals surface area contributed by atoms with E-state index in [0.717, 1.165) is 32.4 Å². The number of hydrogen-bond acceptors (Lipinski definition) is 3. The van der Waals surface area contributed by atoms with Crippen molar-refractivity contribution >= 4 is 5.91 Å². The molecule has 3 unspecified atom stereocenters. The minimum absolute atomic E-state index is 0.131. The molecule has 0 aromatic carbocycles. The lowest BCUT2D eigenvalue weighted by Crippen LogP contribution is -2.47. The Bertz CT molecular complexity index is 209. The van der Waals surface area contributed by atoms with Gasteiger partial charge in [0, 0.05) is 13.7 Å². The summed E-state index contributed by atoms with van der Waals surface area (Å²) in [6.07, 6.45) is 3.07. The van der Waals surface area contributed by atoms with Gasteiger partial charge in [-0.3, -0.25) is 4.79 Å². The number of carbonyl (C=O) groups excluding carboxylic acids is 1. The molecule has 1 amide bonds. The van der Waals surface area contributed by atoms with Crippen LogP contribution < -0.4 is 11.1 Å². The van der Waals surface area contributed by atoms with Crippen molar-refractivity contribution in [2.45, 2.75) is 32.2 Å². The summed E-state index contributed by atoms with van der Waals surface area (Å²) in [5, 5.41) is 3.15. The van der Waals surface area contributed by atoms with Crippen LogP contribution in [0.1, 0.15) is 26.2 Å². The van der Waals surface area contributed by atoms with E-state index in [4.69, 9.17) is 10.5 Å². The van der Waals surface area contributed by atoms with Gasteiger partial charge >= 0.3 is 0 Å². The van der Waals surface area contributed by atoms with Crippen LogP contribution in [0.4, 0.5) is 0 Å². The number of hydrogen-bond donors (Lipinski definition) is 2. The summed E-state index contributed by atoms with van der Waals surface area (Å²) >= 11 is 0. The molecule has 0 aliphatic carbocycles. The summed E-state index contributed by atoms with van der Waals surface area (Å²) in [5.74, 6) is 0.978. The fraction of sp³-hybridized carbons (Fsp3) is 0.909. The third kappa shape index (κ3) is 3.80. The Morgan fingerprint density at radius 1 is 1.67 bits per heavy atom. The number of methoxy groups -OCH3 is 1. The summed E-state index contributed by atoms with van der Waals surface area (Å²) in [6, 6.07) is -0.131. The predicted octanol–water partition coefficient (Wildman–Crippen LogP) is 0.513. The van der Waals surface area contributed by atoms with E-state index < -0.39 is 0 Å². The number of nitrogens with two attached hydrogens (primary N) is 1. The molecule has 0 bridgehead atoms. The Balaban J connectivity index is 2.37. The van der Waals surface area contributed by atoms with Gasteiger partial charge in [0.1, 0.15) is 0 Å². The maximum Gasteiger partial charge on any atom is 0.234 e. The van der Waals surface area contributed by atoms with Gasteiger partial charge in [-0.05, 0) is 37.6 Å². The van der Waals surface area contributed by atoms with Crippen LogP contribution in [-0.2, 0) is 9.53 Å². The number of amides is 1. The third-order valence-corrected chi connectivity index (χ3v) is 3.37. The fourth-order valence-corrected chi connectivity index (χ4v) is 2.22. The van der Waals surface area contributed by atoms with Gasteiger partial charge in [0.25, 0.3) is 0 Å². The summed E-state index contributed by atoms with van der Waals surface area (Å²) in [5.41, 5.74) is 5.30. The first-order valence-corrected chi connectivity index (χ1v) is 5.66. The SMILES string of the molecule is COCCC(C)C1CCNC(C(N)=O)C1. The average Bonchev–Trinajstić information content (AvgIpc) is 2.26. The molecule has 1 aliphatic heterocycles. The Hall–Kier alpha value is -0.610.